The highest BCUT2D eigenvalue weighted by molar-refractivity contribution is 7.11. The van der Waals surface area contributed by atoms with E-state index in [0.29, 0.717) is 0 Å². The molecule has 0 bridgehead atoms. The van der Waals surface area contributed by atoms with Crippen molar-refractivity contribution in [3.8, 4) is 0 Å². The Hall–Kier alpha value is -0.900. The minimum Gasteiger partial charge on any atom is -0.481 e. The number of nitrogens with zero attached hydrogens (tertiary/aromatic N) is 1. The molecular formula is C18H31NO2S. The standard InChI is InChI=1S/C18H31NO2S/c1-3-4-5-6-7-8-9-10-11-12-13-17-16(14-18(20)21)19-15(2)22-17/h3-14H2,1-2H3,(H,20,21). The highest BCUT2D eigenvalue weighted by Gasteiger charge is 2.11. The molecule has 0 aliphatic rings. The normalized spacial score (nSPS) is 11.0. The smallest absolute Gasteiger partial charge is 0.309 e. The van der Waals surface area contributed by atoms with E-state index in [4.69, 9.17) is 5.11 Å². The lowest BCUT2D eigenvalue weighted by atomic mass is 10.1. The van der Waals surface area contributed by atoms with Crippen LogP contribution in [0, 0.1) is 6.92 Å². The number of rotatable bonds is 13. The number of carboxylic acids is 1. The minimum atomic E-state index is -0.783. The first-order valence-corrected chi connectivity index (χ1v) is 9.62. The molecule has 3 nitrogen and oxygen atoms in total. The number of unbranched alkanes of at least 4 members (excludes halogenated alkanes) is 9. The van der Waals surface area contributed by atoms with Crippen molar-refractivity contribution in [1.82, 2.24) is 4.98 Å². The summed E-state index contributed by atoms with van der Waals surface area (Å²) in [5.41, 5.74) is 0.783. The first-order valence-electron chi connectivity index (χ1n) is 8.80. The second kappa shape index (κ2) is 11.6. The van der Waals surface area contributed by atoms with E-state index in [1.165, 1.54) is 62.7 Å². The van der Waals surface area contributed by atoms with Crippen molar-refractivity contribution in [2.24, 2.45) is 0 Å². The Morgan fingerprint density at radius 3 is 2.09 bits per heavy atom. The number of hydrogen-bond donors (Lipinski definition) is 1. The number of aromatic nitrogens is 1. The van der Waals surface area contributed by atoms with Crippen LogP contribution in [0.15, 0.2) is 0 Å². The van der Waals surface area contributed by atoms with Crippen molar-refractivity contribution in [2.45, 2.75) is 90.9 Å². The van der Waals surface area contributed by atoms with Gasteiger partial charge in [-0.25, -0.2) is 4.98 Å². The highest BCUT2D eigenvalue weighted by Crippen LogP contribution is 2.21. The van der Waals surface area contributed by atoms with Gasteiger partial charge in [-0.05, 0) is 19.8 Å². The number of hydrogen-bond acceptors (Lipinski definition) is 3. The summed E-state index contributed by atoms with van der Waals surface area (Å²) in [6.07, 6.45) is 14.4. The largest absolute Gasteiger partial charge is 0.481 e. The van der Waals surface area contributed by atoms with E-state index in [0.717, 1.165) is 23.5 Å². The molecule has 0 spiro atoms. The number of carboxylic acid groups (broad SMARTS) is 1. The van der Waals surface area contributed by atoms with Gasteiger partial charge in [0.15, 0.2) is 0 Å². The molecule has 1 rings (SSSR count). The molecule has 0 fully saturated rings. The molecular weight excluding hydrogens is 294 g/mol. The van der Waals surface area contributed by atoms with E-state index < -0.39 is 5.97 Å². The van der Waals surface area contributed by atoms with Crippen LogP contribution in [-0.4, -0.2) is 16.1 Å². The molecule has 1 heterocycles. The Morgan fingerprint density at radius 1 is 1.00 bits per heavy atom. The van der Waals surface area contributed by atoms with Crippen LogP contribution < -0.4 is 0 Å². The monoisotopic (exact) mass is 325 g/mol. The molecule has 1 N–H and O–H groups in total. The van der Waals surface area contributed by atoms with Crippen LogP contribution in [0.3, 0.4) is 0 Å². The summed E-state index contributed by atoms with van der Waals surface area (Å²) in [5.74, 6) is -0.783. The molecule has 22 heavy (non-hydrogen) atoms. The molecule has 0 aliphatic carbocycles. The van der Waals surface area contributed by atoms with Gasteiger partial charge >= 0.3 is 5.97 Å². The van der Waals surface area contributed by atoms with Crippen LogP contribution in [0.2, 0.25) is 0 Å². The number of thiazole rings is 1. The van der Waals surface area contributed by atoms with Crippen LogP contribution in [0.4, 0.5) is 0 Å². The van der Waals surface area contributed by atoms with Gasteiger partial charge in [-0.3, -0.25) is 4.79 Å². The average Bonchev–Trinajstić information content (AvgIpc) is 2.80. The predicted octanol–water partition coefficient (Wildman–Crippen LogP) is 5.54. The molecule has 126 valence electrons. The lowest BCUT2D eigenvalue weighted by Gasteiger charge is -2.03. The third-order valence-electron chi connectivity index (χ3n) is 3.96. The maximum absolute atomic E-state index is 10.8. The van der Waals surface area contributed by atoms with E-state index >= 15 is 0 Å². The Kier molecular flexibility index (Phi) is 10.1. The molecule has 0 radical (unpaired) electrons. The third-order valence-corrected chi connectivity index (χ3v) is 5.03. The maximum atomic E-state index is 10.8. The summed E-state index contributed by atoms with van der Waals surface area (Å²) in [4.78, 5) is 16.4. The second-order valence-corrected chi connectivity index (χ2v) is 7.39. The third kappa shape index (κ3) is 8.52. The second-order valence-electron chi connectivity index (χ2n) is 6.11. The summed E-state index contributed by atoms with van der Waals surface area (Å²) in [6.45, 7) is 4.21. The van der Waals surface area contributed by atoms with Gasteiger partial charge in [0, 0.05) is 4.88 Å². The topological polar surface area (TPSA) is 50.2 Å². The summed E-state index contributed by atoms with van der Waals surface area (Å²) in [5, 5.41) is 9.90. The van der Waals surface area contributed by atoms with Gasteiger partial charge in [0.25, 0.3) is 0 Å². The average molecular weight is 326 g/mol. The van der Waals surface area contributed by atoms with Gasteiger partial charge in [-0.15, -0.1) is 11.3 Å². The molecule has 0 unspecified atom stereocenters. The molecule has 1 aromatic rings. The first kappa shape index (κ1) is 19.1. The zero-order valence-corrected chi connectivity index (χ0v) is 15.0. The Labute approximate surface area is 139 Å². The predicted molar refractivity (Wildman–Crippen MR) is 93.7 cm³/mol. The van der Waals surface area contributed by atoms with Gasteiger partial charge < -0.3 is 5.11 Å². The van der Waals surface area contributed by atoms with E-state index in [-0.39, 0.29) is 6.42 Å². The molecule has 0 aliphatic heterocycles. The number of carbonyl (C=O) groups is 1. The highest BCUT2D eigenvalue weighted by atomic mass is 32.1. The van der Waals surface area contributed by atoms with Crippen molar-refractivity contribution in [1.29, 1.82) is 0 Å². The quantitative estimate of drug-likeness (QED) is 0.484. The molecule has 4 heteroatoms. The zero-order valence-electron chi connectivity index (χ0n) is 14.2. The lowest BCUT2D eigenvalue weighted by Crippen LogP contribution is -2.03. The fourth-order valence-electron chi connectivity index (χ4n) is 2.76. The fourth-order valence-corrected chi connectivity index (χ4v) is 3.76. The fraction of sp³-hybridized carbons (Fsp3) is 0.778. The van der Waals surface area contributed by atoms with Crippen LogP contribution in [0.25, 0.3) is 0 Å². The Bertz CT molecular complexity index is 429. The SMILES string of the molecule is CCCCCCCCCCCCc1sc(C)nc1CC(=O)O. The molecule has 0 aromatic carbocycles. The van der Waals surface area contributed by atoms with Crippen LogP contribution in [0.5, 0.6) is 0 Å². The zero-order chi connectivity index (χ0) is 16.2. The summed E-state index contributed by atoms with van der Waals surface area (Å²) < 4.78 is 0. The number of aliphatic carboxylic acids is 1. The summed E-state index contributed by atoms with van der Waals surface area (Å²) >= 11 is 1.66. The van der Waals surface area contributed by atoms with Crippen LogP contribution in [0.1, 0.15) is 86.7 Å². The van der Waals surface area contributed by atoms with Gasteiger partial charge in [0.1, 0.15) is 0 Å². The maximum Gasteiger partial charge on any atom is 0.309 e. The van der Waals surface area contributed by atoms with Gasteiger partial charge in [-0.2, -0.15) is 0 Å². The molecule has 0 saturated heterocycles. The van der Waals surface area contributed by atoms with Crippen molar-refractivity contribution in [3.63, 3.8) is 0 Å². The molecule has 1 aromatic heterocycles. The van der Waals surface area contributed by atoms with Crippen molar-refractivity contribution < 1.29 is 9.90 Å². The first-order chi connectivity index (χ1) is 10.6. The van der Waals surface area contributed by atoms with Crippen molar-refractivity contribution >= 4 is 17.3 Å². The van der Waals surface area contributed by atoms with Gasteiger partial charge in [0.05, 0.1) is 17.1 Å². The molecule has 0 saturated carbocycles. The number of aryl methyl sites for hydroxylation is 2. The summed E-state index contributed by atoms with van der Waals surface area (Å²) in [6, 6.07) is 0. The van der Waals surface area contributed by atoms with E-state index in [1.807, 2.05) is 6.92 Å². The molecule has 0 atom stereocenters. The van der Waals surface area contributed by atoms with Gasteiger partial charge in [-0.1, -0.05) is 64.7 Å². The van der Waals surface area contributed by atoms with Crippen LogP contribution in [-0.2, 0) is 17.6 Å². The van der Waals surface area contributed by atoms with E-state index in [9.17, 15) is 4.79 Å². The van der Waals surface area contributed by atoms with E-state index in [1.54, 1.807) is 11.3 Å². The molecule has 0 amide bonds. The van der Waals surface area contributed by atoms with Crippen molar-refractivity contribution in [3.05, 3.63) is 15.6 Å². The Balaban J connectivity index is 2.08. The van der Waals surface area contributed by atoms with Crippen LogP contribution >= 0.6 is 11.3 Å². The minimum absolute atomic E-state index is 0.0669. The van der Waals surface area contributed by atoms with E-state index in [2.05, 4.69) is 11.9 Å². The van der Waals surface area contributed by atoms with Gasteiger partial charge in [0.2, 0.25) is 0 Å². The Morgan fingerprint density at radius 2 is 1.55 bits per heavy atom. The lowest BCUT2D eigenvalue weighted by molar-refractivity contribution is -0.136. The summed E-state index contributed by atoms with van der Waals surface area (Å²) in [7, 11) is 0. The van der Waals surface area contributed by atoms with Crippen molar-refractivity contribution in [2.75, 3.05) is 0 Å².